The first-order chi connectivity index (χ1) is 18.2. The number of methoxy groups -OCH3 is 2. The molecule has 1 fully saturated rings. The number of hydrogen-bond donors (Lipinski definition) is 1. The van der Waals surface area contributed by atoms with E-state index in [1.807, 2.05) is 56.3 Å². The summed E-state index contributed by atoms with van der Waals surface area (Å²) in [4.78, 5) is 30.8. The Morgan fingerprint density at radius 2 is 1.47 bits per heavy atom. The minimum absolute atomic E-state index is 0.0250. The number of aryl methyl sites for hydroxylation is 2. The lowest BCUT2D eigenvalue weighted by Crippen LogP contribution is -2.29. The Kier molecular flexibility index (Phi) is 7.76. The number of amides is 1. The number of nitrogens with zero attached hydrogens (tertiary/aromatic N) is 2. The molecule has 38 heavy (non-hydrogen) atoms. The summed E-state index contributed by atoms with van der Waals surface area (Å²) in [6, 6.07) is 17.7. The van der Waals surface area contributed by atoms with Gasteiger partial charge in [0, 0.05) is 30.0 Å². The molecule has 0 aromatic heterocycles. The van der Waals surface area contributed by atoms with Crippen LogP contribution >= 0.6 is 0 Å². The first kappa shape index (κ1) is 26.8. The summed E-state index contributed by atoms with van der Waals surface area (Å²) in [5.41, 5.74) is 4.69. The number of carbonyl (C=O) groups excluding carboxylic acids is 2. The van der Waals surface area contributed by atoms with Crippen molar-refractivity contribution in [3.63, 3.8) is 0 Å². The van der Waals surface area contributed by atoms with E-state index in [2.05, 4.69) is 18.7 Å². The molecule has 0 bridgehead atoms. The fourth-order valence-electron chi connectivity index (χ4n) is 5.10. The summed E-state index contributed by atoms with van der Waals surface area (Å²) in [6.07, 6.45) is 0. The first-order valence-corrected chi connectivity index (χ1v) is 12.7. The van der Waals surface area contributed by atoms with Crippen LogP contribution in [0, 0.1) is 13.8 Å². The lowest BCUT2D eigenvalue weighted by molar-refractivity contribution is -0.132. The van der Waals surface area contributed by atoms with Gasteiger partial charge in [-0.15, -0.1) is 0 Å². The van der Waals surface area contributed by atoms with Crippen LogP contribution < -0.4 is 19.3 Å². The molecule has 7 nitrogen and oxygen atoms in total. The Hall–Kier alpha value is -4.26. The predicted octanol–water partition coefficient (Wildman–Crippen LogP) is 5.79. The minimum Gasteiger partial charge on any atom is -0.507 e. The molecule has 1 aliphatic heterocycles. The number of benzene rings is 3. The van der Waals surface area contributed by atoms with E-state index in [0.29, 0.717) is 22.7 Å². The minimum atomic E-state index is -0.810. The number of anilines is 2. The van der Waals surface area contributed by atoms with Gasteiger partial charge in [0.1, 0.15) is 5.76 Å². The lowest BCUT2D eigenvalue weighted by Gasteiger charge is -2.27. The molecule has 1 saturated heterocycles. The standard InChI is InChI=1S/C31H34N2O5/c1-7-32(8-2)23-12-9-21(10-13-23)28-27(29(34)22-11-14-25(37-5)26(18-22)38-6)30(35)31(36)33(28)24-16-19(3)15-20(4)17-24/h9-18,28,34H,7-8H2,1-6H3/b29-27-. The number of ketones is 1. The van der Waals surface area contributed by atoms with Crippen LogP contribution in [0.2, 0.25) is 0 Å². The maximum atomic E-state index is 13.5. The van der Waals surface area contributed by atoms with Crippen LogP contribution in [-0.4, -0.2) is 44.1 Å². The van der Waals surface area contributed by atoms with E-state index < -0.39 is 17.7 Å². The molecule has 1 unspecified atom stereocenters. The number of rotatable bonds is 8. The fourth-order valence-corrected chi connectivity index (χ4v) is 5.10. The second kappa shape index (κ2) is 11.0. The van der Waals surface area contributed by atoms with Crippen molar-refractivity contribution in [3.05, 3.63) is 88.5 Å². The molecule has 3 aromatic carbocycles. The van der Waals surface area contributed by atoms with Gasteiger partial charge in [-0.1, -0.05) is 18.2 Å². The van der Waals surface area contributed by atoms with Gasteiger partial charge in [0.25, 0.3) is 11.7 Å². The molecular formula is C31H34N2O5. The highest BCUT2D eigenvalue weighted by Gasteiger charge is 2.47. The van der Waals surface area contributed by atoms with Crippen molar-refractivity contribution in [3.8, 4) is 11.5 Å². The molecule has 1 atom stereocenters. The average molecular weight is 515 g/mol. The maximum Gasteiger partial charge on any atom is 0.300 e. The van der Waals surface area contributed by atoms with Crippen LogP contribution in [0.3, 0.4) is 0 Å². The van der Waals surface area contributed by atoms with Gasteiger partial charge in [0.05, 0.1) is 25.8 Å². The van der Waals surface area contributed by atoms with Gasteiger partial charge in [0.15, 0.2) is 11.5 Å². The van der Waals surface area contributed by atoms with Crippen LogP contribution in [0.5, 0.6) is 11.5 Å². The van der Waals surface area contributed by atoms with Gasteiger partial charge in [-0.3, -0.25) is 14.5 Å². The van der Waals surface area contributed by atoms with Crippen LogP contribution in [0.1, 0.15) is 42.1 Å². The van der Waals surface area contributed by atoms with Crippen LogP contribution in [0.4, 0.5) is 11.4 Å². The van der Waals surface area contributed by atoms with E-state index in [0.717, 1.165) is 35.5 Å². The number of ether oxygens (including phenoxy) is 2. The zero-order valence-corrected chi connectivity index (χ0v) is 22.7. The van der Waals surface area contributed by atoms with Crippen molar-refractivity contribution < 1.29 is 24.2 Å². The lowest BCUT2D eigenvalue weighted by atomic mass is 9.94. The number of Topliss-reactive ketones (excluding diaryl/α,β-unsaturated/α-hetero) is 1. The Bertz CT molecular complexity index is 1370. The second-order valence-corrected chi connectivity index (χ2v) is 9.35. The molecule has 0 radical (unpaired) electrons. The van der Waals surface area contributed by atoms with E-state index in [1.165, 1.54) is 19.1 Å². The molecule has 1 amide bonds. The molecule has 0 saturated carbocycles. The topological polar surface area (TPSA) is 79.3 Å². The Morgan fingerprint density at radius 1 is 0.868 bits per heavy atom. The third-order valence-electron chi connectivity index (χ3n) is 6.92. The van der Waals surface area contributed by atoms with Crippen molar-refractivity contribution in [2.45, 2.75) is 33.7 Å². The third kappa shape index (κ3) is 4.84. The zero-order chi connectivity index (χ0) is 27.6. The van der Waals surface area contributed by atoms with Crippen LogP contribution in [0.25, 0.3) is 5.76 Å². The molecule has 0 aliphatic carbocycles. The van der Waals surface area contributed by atoms with Crippen molar-refractivity contribution in [1.82, 2.24) is 0 Å². The van der Waals surface area contributed by atoms with E-state index in [4.69, 9.17) is 9.47 Å². The second-order valence-electron chi connectivity index (χ2n) is 9.35. The molecule has 198 valence electrons. The fraction of sp³-hybridized carbons (Fsp3) is 0.290. The predicted molar refractivity (Wildman–Crippen MR) is 150 cm³/mol. The monoisotopic (exact) mass is 514 g/mol. The average Bonchev–Trinajstić information content (AvgIpc) is 3.18. The molecule has 1 heterocycles. The molecule has 0 spiro atoms. The number of aliphatic hydroxyl groups is 1. The summed E-state index contributed by atoms with van der Waals surface area (Å²) < 4.78 is 10.7. The maximum absolute atomic E-state index is 13.5. The van der Waals surface area contributed by atoms with Gasteiger partial charge in [-0.25, -0.2) is 0 Å². The molecular weight excluding hydrogens is 480 g/mol. The molecule has 4 rings (SSSR count). The molecule has 1 N–H and O–H groups in total. The third-order valence-corrected chi connectivity index (χ3v) is 6.92. The number of hydrogen-bond acceptors (Lipinski definition) is 6. The number of carbonyl (C=O) groups is 2. The van der Waals surface area contributed by atoms with Gasteiger partial charge < -0.3 is 19.5 Å². The Labute approximate surface area is 223 Å². The SMILES string of the molecule is CCN(CC)c1ccc(C2/C(=C(/O)c3ccc(OC)c(OC)c3)C(=O)C(=O)N2c2cc(C)cc(C)c2)cc1. The summed E-state index contributed by atoms with van der Waals surface area (Å²) in [7, 11) is 3.02. The zero-order valence-electron chi connectivity index (χ0n) is 22.7. The summed E-state index contributed by atoms with van der Waals surface area (Å²) in [5.74, 6) is -0.804. The van der Waals surface area contributed by atoms with Gasteiger partial charge in [-0.2, -0.15) is 0 Å². The van der Waals surface area contributed by atoms with Crippen molar-refractivity contribution in [1.29, 1.82) is 0 Å². The highest BCUT2D eigenvalue weighted by molar-refractivity contribution is 6.51. The van der Waals surface area contributed by atoms with Crippen molar-refractivity contribution >= 4 is 28.8 Å². The molecule has 7 heteroatoms. The van der Waals surface area contributed by atoms with E-state index in [-0.39, 0.29) is 11.3 Å². The highest BCUT2D eigenvalue weighted by atomic mass is 16.5. The van der Waals surface area contributed by atoms with E-state index in [1.54, 1.807) is 18.2 Å². The van der Waals surface area contributed by atoms with E-state index >= 15 is 0 Å². The molecule has 1 aliphatic rings. The van der Waals surface area contributed by atoms with Crippen LogP contribution in [0.15, 0.2) is 66.2 Å². The Morgan fingerprint density at radius 3 is 2.03 bits per heavy atom. The van der Waals surface area contributed by atoms with Gasteiger partial charge in [0.2, 0.25) is 0 Å². The smallest absolute Gasteiger partial charge is 0.300 e. The van der Waals surface area contributed by atoms with Crippen molar-refractivity contribution in [2.75, 3.05) is 37.1 Å². The quantitative estimate of drug-likeness (QED) is 0.233. The van der Waals surface area contributed by atoms with Gasteiger partial charge in [-0.05, 0) is 86.8 Å². The van der Waals surface area contributed by atoms with Gasteiger partial charge >= 0.3 is 0 Å². The summed E-state index contributed by atoms with van der Waals surface area (Å²) >= 11 is 0. The number of aliphatic hydroxyl groups excluding tert-OH is 1. The Balaban J connectivity index is 1.93. The van der Waals surface area contributed by atoms with E-state index in [9.17, 15) is 14.7 Å². The summed E-state index contributed by atoms with van der Waals surface area (Å²) in [6.45, 7) is 9.80. The largest absolute Gasteiger partial charge is 0.507 e. The van der Waals surface area contributed by atoms with Crippen LogP contribution in [-0.2, 0) is 9.59 Å². The highest BCUT2D eigenvalue weighted by Crippen LogP contribution is 2.43. The normalized spacial score (nSPS) is 16.6. The summed E-state index contributed by atoms with van der Waals surface area (Å²) in [5, 5.41) is 11.5. The molecule has 3 aromatic rings. The first-order valence-electron chi connectivity index (χ1n) is 12.7. The van der Waals surface area contributed by atoms with Crippen molar-refractivity contribution in [2.24, 2.45) is 0 Å².